The third-order valence-corrected chi connectivity index (χ3v) is 10.9. The predicted molar refractivity (Wildman–Crippen MR) is 157 cm³/mol. The number of likely N-dealkylation sites (tertiary alicyclic amines) is 1. The Kier molecular flexibility index (Phi) is 7.77. The SMILES string of the molecule is C[C@]1(C(=O)O)CCCC[C@H]1C(=O)N1CCc2c(Cl)cc(F)c(OC/C(N)=C3\CCCN3N)c2C1CN1CC2(CC2)CC1=O. The first-order valence-corrected chi connectivity index (χ1v) is 15.8. The highest BCUT2D eigenvalue weighted by Gasteiger charge is 2.54. The quantitative estimate of drug-likeness (QED) is 0.393. The number of aliphatic carboxylic acids is 1. The summed E-state index contributed by atoms with van der Waals surface area (Å²) >= 11 is 6.62. The fraction of sp³-hybridized carbons (Fsp3) is 0.645. The minimum atomic E-state index is -1.21. The smallest absolute Gasteiger partial charge is 0.310 e. The van der Waals surface area contributed by atoms with Gasteiger partial charge in [-0.05, 0) is 68.9 Å². The molecule has 5 aliphatic rings. The average Bonchev–Trinajstić information content (AvgIpc) is 3.45. The van der Waals surface area contributed by atoms with Gasteiger partial charge in [-0.1, -0.05) is 24.4 Å². The molecule has 2 saturated heterocycles. The Labute approximate surface area is 256 Å². The van der Waals surface area contributed by atoms with Crippen molar-refractivity contribution in [1.82, 2.24) is 14.8 Å². The van der Waals surface area contributed by atoms with Crippen LogP contribution in [-0.2, 0) is 20.8 Å². The van der Waals surface area contributed by atoms with Crippen LogP contribution < -0.4 is 16.3 Å². The van der Waals surface area contributed by atoms with Crippen molar-refractivity contribution >= 4 is 29.4 Å². The topological polar surface area (TPSA) is 142 Å². The molecule has 3 heterocycles. The van der Waals surface area contributed by atoms with Crippen LogP contribution in [0.4, 0.5) is 4.39 Å². The largest absolute Gasteiger partial charge is 0.484 e. The Bertz CT molecular complexity index is 1380. The zero-order valence-electron chi connectivity index (χ0n) is 24.7. The number of hydrogen-bond donors (Lipinski definition) is 3. The van der Waals surface area contributed by atoms with Crippen LogP contribution in [0.15, 0.2) is 17.5 Å². The van der Waals surface area contributed by atoms with E-state index >= 15 is 4.39 Å². The molecule has 1 unspecified atom stereocenters. The number of carbonyl (C=O) groups excluding carboxylic acids is 2. The van der Waals surface area contributed by atoms with Crippen LogP contribution in [-0.4, -0.2) is 70.5 Å². The van der Waals surface area contributed by atoms with Crippen LogP contribution >= 0.6 is 11.6 Å². The Morgan fingerprint density at radius 2 is 1.95 bits per heavy atom. The summed E-state index contributed by atoms with van der Waals surface area (Å²) in [6, 6.07) is 0.463. The van der Waals surface area contributed by atoms with Gasteiger partial charge in [0.05, 0.1) is 28.8 Å². The van der Waals surface area contributed by atoms with E-state index in [1.54, 1.807) is 21.7 Å². The summed E-state index contributed by atoms with van der Waals surface area (Å²) < 4.78 is 21.9. The van der Waals surface area contributed by atoms with Gasteiger partial charge in [0.15, 0.2) is 11.6 Å². The van der Waals surface area contributed by atoms with Crippen molar-refractivity contribution in [1.29, 1.82) is 0 Å². The number of nitrogens with two attached hydrogens (primary N) is 2. The second-order valence-corrected chi connectivity index (χ2v) is 13.8. The monoisotopic (exact) mass is 617 g/mol. The number of ether oxygens (including phenoxy) is 1. The zero-order chi connectivity index (χ0) is 30.7. The lowest BCUT2D eigenvalue weighted by Crippen LogP contribution is -2.52. The maximum Gasteiger partial charge on any atom is 0.310 e. The first kappa shape index (κ1) is 30.0. The zero-order valence-corrected chi connectivity index (χ0v) is 25.4. The number of hydrogen-bond acceptors (Lipinski definition) is 7. The van der Waals surface area contributed by atoms with Gasteiger partial charge in [-0.3, -0.25) is 14.4 Å². The van der Waals surface area contributed by atoms with Crippen molar-refractivity contribution in [2.75, 3.05) is 32.8 Å². The molecule has 4 fully saturated rings. The summed E-state index contributed by atoms with van der Waals surface area (Å²) in [4.78, 5) is 43.4. The highest BCUT2D eigenvalue weighted by Crippen LogP contribution is 2.54. The highest BCUT2D eigenvalue weighted by atomic mass is 35.5. The fourth-order valence-electron chi connectivity index (χ4n) is 7.74. The van der Waals surface area contributed by atoms with Crippen LogP contribution in [0.1, 0.15) is 81.9 Å². The van der Waals surface area contributed by atoms with E-state index in [-0.39, 0.29) is 47.7 Å². The van der Waals surface area contributed by atoms with Gasteiger partial charge in [0, 0.05) is 43.2 Å². The van der Waals surface area contributed by atoms with Crippen molar-refractivity contribution in [2.24, 2.45) is 28.3 Å². The summed E-state index contributed by atoms with van der Waals surface area (Å²) in [5, 5.41) is 12.0. The van der Waals surface area contributed by atoms with Crippen molar-refractivity contribution in [3.05, 3.63) is 39.4 Å². The summed E-state index contributed by atoms with van der Waals surface area (Å²) in [5.74, 6) is 3.31. The van der Waals surface area contributed by atoms with Gasteiger partial charge in [-0.2, -0.15) is 0 Å². The number of carboxylic acids is 1. The molecule has 2 saturated carbocycles. The molecule has 3 aliphatic heterocycles. The van der Waals surface area contributed by atoms with Crippen LogP contribution in [0.5, 0.6) is 5.75 Å². The highest BCUT2D eigenvalue weighted by molar-refractivity contribution is 6.31. The second-order valence-electron chi connectivity index (χ2n) is 13.4. The van der Waals surface area contributed by atoms with Crippen LogP contribution in [0, 0.1) is 22.6 Å². The second kappa shape index (κ2) is 11.1. The molecule has 1 aromatic rings. The lowest BCUT2D eigenvalue weighted by molar-refractivity contribution is -0.162. The number of benzene rings is 1. The van der Waals surface area contributed by atoms with Crippen LogP contribution in [0.2, 0.25) is 5.02 Å². The van der Waals surface area contributed by atoms with E-state index < -0.39 is 29.2 Å². The third kappa shape index (κ3) is 5.32. The molecule has 10 nitrogen and oxygen atoms in total. The molecule has 2 amide bonds. The van der Waals surface area contributed by atoms with Crippen LogP contribution in [0.25, 0.3) is 0 Å². The molecular weight excluding hydrogens is 577 g/mol. The van der Waals surface area contributed by atoms with Gasteiger partial charge in [0.1, 0.15) is 6.61 Å². The minimum absolute atomic E-state index is 0.00767. The molecule has 43 heavy (non-hydrogen) atoms. The number of hydrazine groups is 1. The van der Waals surface area contributed by atoms with Crippen molar-refractivity contribution < 1.29 is 28.6 Å². The maximum absolute atomic E-state index is 15.8. The van der Waals surface area contributed by atoms with E-state index in [2.05, 4.69) is 0 Å². The number of fused-ring (bicyclic) bond motifs is 1. The molecule has 3 atom stereocenters. The molecule has 0 radical (unpaired) electrons. The molecule has 12 heteroatoms. The van der Waals surface area contributed by atoms with Gasteiger partial charge in [-0.25, -0.2) is 10.2 Å². The molecule has 0 bridgehead atoms. The van der Waals surface area contributed by atoms with E-state index in [0.717, 1.165) is 37.8 Å². The number of rotatable bonds is 7. The number of carbonyl (C=O) groups is 3. The van der Waals surface area contributed by atoms with E-state index in [0.29, 0.717) is 62.0 Å². The number of halogens is 2. The van der Waals surface area contributed by atoms with Gasteiger partial charge in [0.2, 0.25) is 11.8 Å². The minimum Gasteiger partial charge on any atom is -0.484 e. The lowest BCUT2D eigenvalue weighted by Gasteiger charge is -2.45. The van der Waals surface area contributed by atoms with E-state index in [9.17, 15) is 19.5 Å². The molecule has 1 aromatic carbocycles. The molecule has 1 spiro atoms. The summed E-state index contributed by atoms with van der Waals surface area (Å²) in [5.41, 5.74) is 7.35. The fourth-order valence-corrected chi connectivity index (χ4v) is 8.03. The lowest BCUT2D eigenvalue weighted by atomic mass is 9.66. The Balaban J connectivity index is 1.40. The first-order chi connectivity index (χ1) is 20.4. The Morgan fingerprint density at radius 1 is 1.19 bits per heavy atom. The third-order valence-electron chi connectivity index (χ3n) is 10.6. The van der Waals surface area contributed by atoms with E-state index in [1.807, 2.05) is 0 Å². The van der Waals surface area contributed by atoms with E-state index in [4.69, 9.17) is 27.9 Å². The van der Waals surface area contributed by atoms with Crippen molar-refractivity contribution in [3.8, 4) is 5.75 Å². The predicted octanol–water partition coefficient (Wildman–Crippen LogP) is 3.72. The molecule has 234 valence electrons. The van der Waals surface area contributed by atoms with Gasteiger partial charge in [0.25, 0.3) is 0 Å². The number of nitrogens with zero attached hydrogens (tertiary/aromatic N) is 3. The van der Waals surface area contributed by atoms with E-state index in [1.165, 1.54) is 6.07 Å². The maximum atomic E-state index is 15.8. The number of amides is 2. The molecular formula is C31H41ClFN5O5. The Morgan fingerprint density at radius 3 is 2.60 bits per heavy atom. The van der Waals surface area contributed by atoms with Gasteiger partial charge in [-0.15, -0.1) is 0 Å². The normalized spacial score (nSPS) is 29.2. The Hall–Kier alpha value is -3.05. The van der Waals surface area contributed by atoms with Crippen molar-refractivity contribution in [2.45, 2.75) is 77.2 Å². The van der Waals surface area contributed by atoms with Gasteiger partial charge < -0.3 is 30.4 Å². The van der Waals surface area contributed by atoms with Crippen LogP contribution in [0.3, 0.4) is 0 Å². The molecule has 0 aromatic heterocycles. The van der Waals surface area contributed by atoms with Gasteiger partial charge >= 0.3 is 5.97 Å². The summed E-state index contributed by atoms with van der Waals surface area (Å²) in [6.45, 7) is 3.21. The number of carboxylic acid groups (broad SMARTS) is 1. The first-order valence-electron chi connectivity index (χ1n) is 15.4. The average molecular weight is 618 g/mol. The molecule has 6 rings (SSSR count). The van der Waals surface area contributed by atoms with Crippen molar-refractivity contribution in [3.63, 3.8) is 0 Å². The summed E-state index contributed by atoms with van der Waals surface area (Å²) in [6.07, 6.45) is 6.68. The standard InChI is InChI=1S/C31H41ClFN5O5/c1-30(29(41)42)8-3-2-5-19(30)28(40)37-12-7-18-20(32)13-21(33)27(43-16-22(34)23-6-4-11-38(23)35)26(18)24(37)15-36-17-31(9-10-31)14-25(36)39/h13,19,24H,2-12,14-17,34-35H2,1H3,(H,41,42)/b23-22-/t19-,24?,30-/m0/s1. The molecule has 2 aliphatic carbocycles. The number of allylic oxidation sites excluding steroid dienone is 1. The summed E-state index contributed by atoms with van der Waals surface area (Å²) in [7, 11) is 0. The molecule has 5 N–H and O–H groups in total.